The lowest BCUT2D eigenvalue weighted by molar-refractivity contribution is -0.507. The van der Waals surface area contributed by atoms with Crippen molar-refractivity contribution in [3.05, 3.63) is 59.9 Å². The Morgan fingerprint density at radius 3 is 2.44 bits per heavy atom. The molecule has 2 aromatic heterocycles. The van der Waals surface area contributed by atoms with E-state index in [-0.39, 0.29) is 0 Å². The summed E-state index contributed by atoms with van der Waals surface area (Å²) in [6.45, 7) is 0. The van der Waals surface area contributed by atoms with Crippen molar-refractivity contribution >= 4 is 17.2 Å². The molecule has 1 N–H and O–H groups in total. The zero-order valence-electron chi connectivity index (χ0n) is 8.52. The Balaban J connectivity index is 2.29. The number of rotatable bonds is 1. The minimum Gasteiger partial charge on any atom is -0.235 e. The average Bonchev–Trinajstić information content (AvgIpc) is 2.69. The molecule has 0 aliphatic carbocycles. The van der Waals surface area contributed by atoms with Gasteiger partial charge in [0.05, 0.1) is 6.20 Å². The van der Waals surface area contributed by atoms with Gasteiger partial charge < -0.3 is 0 Å². The molecule has 0 fully saturated rings. The van der Waals surface area contributed by atoms with Crippen molar-refractivity contribution in [3.63, 3.8) is 0 Å². The molecule has 0 bridgehead atoms. The van der Waals surface area contributed by atoms with E-state index in [0.717, 1.165) is 16.9 Å². The molecule has 0 aliphatic heterocycles. The number of imidazole rings is 1. The van der Waals surface area contributed by atoms with Gasteiger partial charge in [-0.2, -0.15) is 4.40 Å². The Hall–Kier alpha value is -1.80. The standard InChI is InChI=1S/C13H9ClN2/c14-13-12(10-6-2-1-3-7-10)15-11-8-4-5-9-16(11)13/h1-9H/p+1. The average molecular weight is 230 g/mol. The molecule has 0 atom stereocenters. The molecule has 0 radical (unpaired) electrons. The van der Waals surface area contributed by atoms with Crippen molar-refractivity contribution in [1.82, 2.24) is 4.98 Å². The fraction of sp³-hybridized carbons (Fsp3) is 0. The van der Waals surface area contributed by atoms with Crippen LogP contribution in [0.1, 0.15) is 0 Å². The van der Waals surface area contributed by atoms with Gasteiger partial charge in [-0.25, -0.2) is 4.98 Å². The largest absolute Gasteiger partial charge is 0.285 e. The van der Waals surface area contributed by atoms with E-state index in [1.54, 1.807) is 0 Å². The fourth-order valence-corrected chi connectivity index (χ4v) is 2.12. The first-order valence-corrected chi connectivity index (χ1v) is 5.47. The first kappa shape index (κ1) is 9.43. The van der Waals surface area contributed by atoms with Crippen molar-refractivity contribution in [2.75, 3.05) is 0 Å². The van der Waals surface area contributed by atoms with E-state index in [4.69, 9.17) is 11.6 Å². The summed E-state index contributed by atoms with van der Waals surface area (Å²) in [5.41, 5.74) is 3.04. The molecular weight excluding hydrogens is 220 g/mol. The summed E-state index contributed by atoms with van der Waals surface area (Å²) in [6, 6.07) is 16.0. The van der Waals surface area contributed by atoms with Crippen LogP contribution in [0.15, 0.2) is 54.7 Å². The SMILES string of the molecule is Clc1c(-c2ccccc2)[nH]c2cccc[n+]12. The maximum absolute atomic E-state index is 6.32. The van der Waals surface area contributed by atoms with E-state index < -0.39 is 0 Å². The van der Waals surface area contributed by atoms with E-state index >= 15 is 0 Å². The summed E-state index contributed by atoms with van der Waals surface area (Å²) in [4.78, 5) is 3.31. The highest BCUT2D eigenvalue weighted by molar-refractivity contribution is 6.31. The molecule has 0 saturated carbocycles. The molecule has 0 amide bonds. The zero-order valence-corrected chi connectivity index (χ0v) is 9.28. The van der Waals surface area contributed by atoms with Crippen LogP contribution in [0.2, 0.25) is 5.15 Å². The van der Waals surface area contributed by atoms with Crippen LogP contribution in [0.25, 0.3) is 16.9 Å². The van der Waals surface area contributed by atoms with Gasteiger partial charge in [0.2, 0.25) is 5.15 Å². The van der Waals surface area contributed by atoms with Crippen LogP contribution in [0, 0.1) is 0 Å². The second kappa shape index (κ2) is 3.65. The Labute approximate surface area is 98.1 Å². The molecule has 1 aromatic carbocycles. The van der Waals surface area contributed by atoms with E-state index in [2.05, 4.69) is 4.98 Å². The minimum atomic E-state index is 0.710. The van der Waals surface area contributed by atoms with Crippen LogP contribution in [0.4, 0.5) is 0 Å². The highest BCUT2D eigenvalue weighted by Gasteiger charge is 2.17. The lowest BCUT2D eigenvalue weighted by atomic mass is 10.2. The third-order valence-corrected chi connectivity index (χ3v) is 2.96. The van der Waals surface area contributed by atoms with Crippen molar-refractivity contribution in [3.8, 4) is 11.3 Å². The van der Waals surface area contributed by atoms with Crippen molar-refractivity contribution < 1.29 is 4.40 Å². The van der Waals surface area contributed by atoms with E-state index in [0.29, 0.717) is 5.15 Å². The number of nitrogens with zero attached hydrogens (tertiary/aromatic N) is 1. The molecular formula is C13H10ClN2+. The number of hydrogen-bond donors (Lipinski definition) is 1. The molecule has 78 valence electrons. The normalized spacial score (nSPS) is 10.8. The van der Waals surface area contributed by atoms with Crippen molar-refractivity contribution in [2.24, 2.45) is 0 Å². The van der Waals surface area contributed by atoms with Crippen molar-refractivity contribution in [2.45, 2.75) is 0 Å². The number of benzene rings is 1. The first-order valence-electron chi connectivity index (χ1n) is 5.09. The van der Waals surface area contributed by atoms with Gasteiger partial charge in [-0.05, 0) is 17.7 Å². The molecule has 0 unspecified atom stereocenters. The van der Waals surface area contributed by atoms with Crippen LogP contribution in [0.5, 0.6) is 0 Å². The second-order valence-corrected chi connectivity index (χ2v) is 3.97. The van der Waals surface area contributed by atoms with Gasteiger partial charge in [-0.15, -0.1) is 0 Å². The predicted octanol–water partition coefficient (Wildman–Crippen LogP) is 3.07. The number of aromatic amines is 1. The maximum atomic E-state index is 6.32. The Kier molecular flexibility index (Phi) is 2.15. The molecule has 2 heterocycles. The molecule has 0 spiro atoms. The highest BCUT2D eigenvalue weighted by Crippen LogP contribution is 2.23. The summed E-state index contributed by atoms with van der Waals surface area (Å²) in [7, 11) is 0. The predicted molar refractivity (Wildman–Crippen MR) is 64.4 cm³/mol. The minimum absolute atomic E-state index is 0.710. The van der Waals surface area contributed by atoms with Gasteiger partial charge in [0.25, 0.3) is 5.65 Å². The Bertz CT molecular complexity index is 629. The molecule has 3 aromatic rings. The van der Waals surface area contributed by atoms with Gasteiger partial charge >= 0.3 is 0 Å². The van der Waals surface area contributed by atoms with Crippen molar-refractivity contribution in [1.29, 1.82) is 0 Å². The third-order valence-electron chi connectivity index (χ3n) is 2.59. The smallest absolute Gasteiger partial charge is 0.235 e. The van der Waals surface area contributed by atoms with Gasteiger partial charge in [-0.3, -0.25) is 0 Å². The Morgan fingerprint density at radius 2 is 1.69 bits per heavy atom. The summed E-state index contributed by atoms with van der Waals surface area (Å²) in [5, 5.41) is 0.710. The van der Waals surface area contributed by atoms with E-state index in [1.807, 2.05) is 59.1 Å². The van der Waals surface area contributed by atoms with Crippen LogP contribution >= 0.6 is 11.6 Å². The zero-order chi connectivity index (χ0) is 11.0. The van der Waals surface area contributed by atoms with Crippen LogP contribution in [-0.4, -0.2) is 4.98 Å². The molecule has 3 heteroatoms. The monoisotopic (exact) mass is 229 g/mol. The van der Waals surface area contributed by atoms with Crippen LogP contribution < -0.4 is 4.40 Å². The van der Waals surface area contributed by atoms with Gasteiger partial charge in [-0.1, -0.05) is 36.4 Å². The summed E-state index contributed by atoms with van der Waals surface area (Å²) < 4.78 is 1.93. The number of fused-ring (bicyclic) bond motifs is 1. The number of hydrogen-bond acceptors (Lipinski definition) is 0. The summed E-state index contributed by atoms with van der Waals surface area (Å²) in [5.74, 6) is 0. The van der Waals surface area contributed by atoms with Gasteiger partial charge in [0, 0.05) is 11.6 Å². The number of halogens is 1. The molecule has 16 heavy (non-hydrogen) atoms. The molecule has 2 nitrogen and oxygen atoms in total. The number of aromatic nitrogens is 2. The quantitative estimate of drug-likeness (QED) is 0.619. The molecule has 0 aliphatic rings. The molecule has 3 rings (SSSR count). The number of pyridine rings is 1. The van der Waals surface area contributed by atoms with E-state index in [1.165, 1.54) is 0 Å². The lowest BCUT2D eigenvalue weighted by Gasteiger charge is -1.91. The molecule has 0 saturated heterocycles. The topological polar surface area (TPSA) is 19.9 Å². The maximum Gasteiger partial charge on any atom is 0.285 e. The fourth-order valence-electron chi connectivity index (χ4n) is 1.81. The lowest BCUT2D eigenvalue weighted by Crippen LogP contribution is -2.18. The first-order chi connectivity index (χ1) is 7.86. The second-order valence-electron chi connectivity index (χ2n) is 3.61. The summed E-state index contributed by atoms with van der Waals surface area (Å²) in [6.07, 6.45) is 1.95. The van der Waals surface area contributed by atoms with E-state index in [9.17, 15) is 0 Å². The summed E-state index contributed by atoms with van der Waals surface area (Å²) >= 11 is 6.32. The van der Waals surface area contributed by atoms with Crippen LogP contribution in [0.3, 0.4) is 0 Å². The third kappa shape index (κ3) is 1.39. The van der Waals surface area contributed by atoms with Gasteiger partial charge in [0.1, 0.15) is 0 Å². The number of H-pyrrole nitrogens is 1. The van der Waals surface area contributed by atoms with Crippen LogP contribution in [-0.2, 0) is 0 Å². The highest BCUT2D eigenvalue weighted by atomic mass is 35.5. The Morgan fingerprint density at radius 1 is 0.938 bits per heavy atom. The number of nitrogens with one attached hydrogen (secondary N) is 1. The van der Waals surface area contributed by atoms with Gasteiger partial charge in [0.15, 0.2) is 5.69 Å².